The SMILES string of the molecule is Cn1nc(-c2ccccc2)cc1C(=O)N1CCC(c2nn(C)c(=O)n2C2CC2)CC1. The fourth-order valence-corrected chi connectivity index (χ4v) is 4.37. The number of rotatable bonds is 4. The third-order valence-electron chi connectivity index (χ3n) is 6.21. The van der Waals surface area contributed by atoms with Crippen molar-refractivity contribution in [3.63, 3.8) is 0 Å². The van der Waals surface area contributed by atoms with Gasteiger partial charge in [0.15, 0.2) is 0 Å². The lowest BCUT2D eigenvalue weighted by molar-refractivity contribution is 0.0699. The number of carbonyl (C=O) groups excluding carboxylic acids is 1. The van der Waals surface area contributed by atoms with Crippen molar-refractivity contribution in [2.45, 2.75) is 37.6 Å². The molecule has 0 atom stereocenters. The molecule has 0 bridgehead atoms. The fourth-order valence-electron chi connectivity index (χ4n) is 4.37. The first kappa shape index (κ1) is 18.8. The summed E-state index contributed by atoms with van der Waals surface area (Å²) < 4.78 is 5.00. The van der Waals surface area contributed by atoms with Crippen LogP contribution in [0.4, 0.5) is 0 Å². The summed E-state index contributed by atoms with van der Waals surface area (Å²) in [6, 6.07) is 12.1. The lowest BCUT2D eigenvalue weighted by Gasteiger charge is -2.31. The van der Waals surface area contributed by atoms with Crippen molar-refractivity contribution >= 4 is 5.91 Å². The van der Waals surface area contributed by atoms with Gasteiger partial charge in [-0.05, 0) is 31.7 Å². The molecule has 1 saturated heterocycles. The number of hydrogen-bond donors (Lipinski definition) is 0. The Morgan fingerprint density at radius 1 is 0.967 bits per heavy atom. The van der Waals surface area contributed by atoms with Gasteiger partial charge in [-0.15, -0.1) is 0 Å². The Hall–Kier alpha value is -3.16. The zero-order chi connectivity index (χ0) is 20.8. The summed E-state index contributed by atoms with van der Waals surface area (Å²) in [6.45, 7) is 1.32. The van der Waals surface area contributed by atoms with Crippen molar-refractivity contribution in [3.8, 4) is 11.3 Å². The van der Waals surface area contributed by atoms with E-state index in [0.29, 0.717) is 24.8 Å². The summed E-state index contributed by atoms with van der Waals surface area (Å²) in [6.07, 6.45) is 3.75. The lowest BCUT2D eigenvalue weighted by Crippen LogP contribution is -2.39. The molecule has 1 aromatic carbocycles. The Kier molecular flexibility index (Phi) is 4.56. The van der Waals surface area contributed by atoms with Crippen LogP contribution in [0.2, 0.25) is 0 Å². The molecule has 0 spiro atoms. The van der Waals surface area contributed by atoms with Crippen LogP contribution >= 0.6 is 0 Å². The van der Waals surface area contributed by atoms with Gasteiger partial charge in [0.2, 0.25) is 0 Å². The molecule has 8 heteroatoms. The average molecular weight is 406 g/mol. The molecule has 156 valence electrons. The Morgan fingerprint density at radius 3 is 2.33 bits per heavy atom. The van der Waals surface area contributed by atoms with E-state index in [1.165, 1.54) is 4.68 Å². The molecule has 2 fully saturated rings. The van der Waals surface area contributed by atoms with E-state index in [9.17, 15) is 9.59 Å². The van der Waals surface area contributed by atoms with Crippen molar-refractivity contribution in [2.75, 3.05) is 13.1 Å². The molecule has 0 N–H and O–H groups in total. The number of piperidine rings is 1. The van der Waals surface area contributed by atoms with Crippen molar-refractivity contribution in [3.05, 3.63) is 58.4 Å². The summed E-state index contributed by atoms with van der Waals surface area (Å²) in [5.41, 5.74) is 2.38. The van der Waals surface area contributed by atoms with Crippen LogP contribution < -0.4 is 5.69 Å². The number of aromatic nitrogens is 5. The normalized spacial score (nSPS) is 17.5. The molecule has 2 aromatic heterocycles. The van der Waals surface area contributed by atoms with Crippen molar-refractivity contribution in [2.24, 2.45) is 14.1 Å². The maximum atomic E-state index is 13.1. The summed E-state index contributed by atoms with van der Waals surface area (Å²) in [7, 11) is 3.53. The number of carbonyl (C=O) groups is 1. The fraction of sp³-hybridized carbons (Fsp3) is 0.455. The number of likely N-dealkylation sites (tertiary alicyclic amines) is 1. The van der Waals surface area contributed by atoms with Crippen LogP contribution in [0.1, 0.15) is 54.0 Å². The van der Waals surface area contributed by atoms with Gasteiger partial charge in [0.25, 0.3) is 5.91 Å². The van der Waals surface area contributed by atoms with Gasteiger partial charge in [-0.25, -0.2) is 9.48 Å². The molecule has 1 amide bonds. The molecule has 3 heterocycles. The van der Waals surface area contributed by atoms with Crippen molar-refractivity contribution in [1.82, 2.24) is 29.0 Å². The smallest absolute Gasteiger partial charge is 0.337 e. The predicted molar refractivity (Wildman–Crippen MR) is 112 cm³/mol. The summed E-state index contributed by atoms with van der Waals surface area (Å²) >= 11 is 0. The quantitative estimate of drug-likeness (QED) is 0.666. The van der Waals surface area contributed by atoms with Crippen LogP contribution in [0.15, 0.2) is 41.2 Å². The van der Waals surface area contributed by atoms with Gasteiger partial charge in [0.1, 0.15) is 11.5 Å². The number of aryl methyl sites for hydroxylation is 2. The summed E-state index contributed by atoms with van der Waals surface area (Å²) in [4.78, 5) is 27.5. The minimum Gasteiger partial charge on any atom is -0.337 e. The molecule has 0 unspecified atom stereocenters. The van der Waals surface area contributed by atoms with E-state index >= 15 is 0 Å². The van der Waals surface area contributed by atoms with Crippen molar-refractivity contribution in [1.29, 1.82) is 0 Å². The molecule has 1 saturated carbocycles. The summed E-state index contributed by atoms with van der Waals surface area (Å²) in [5, 5.41) is 9.05. The third-order valence-corrected chi connectivity index (χ3v) is 6.21. The van der Waals surface area contributed by atoms with E-state index in [1.807, 2.05) is 52.9 Å². The minimum absolute atomic E-state index is 0.00577. The highest BCUT2D eigenvalue weighted by molar-refractivity contribution is 5.93. The van der Waals surface area contributed by atoms with Gasteiger partial charge in [0.05, 0.1) is 5.69 Å². The standard InChI is InChI=1S/C22H26N6O2/c1-25-19(14-18(23-25)15-6-4-3-5-7-15)21(29)27-12-10-16(11-13-27)20-24-26(2)22(30)28(20)17-8-9-17/h3-7,14,16-17H,8-13H2,1-2H3. The second-order valence-electron chi connectivity index (χ2n) is 8.34. The maximum Gasteiger partial charge on any atom is 0.345 e. The highest BCUT2D eigenvalue weighted by Gasteiger charge is 2.34. The van der Waals surface area contributed by atoms with Gasteiger partial charge >= 0.3 is 5.69 Å². The molecule has 8 nitrogen and oxygen atoms in total. The second kappa shape index (κ2) is 7.27. The van der Waals surface area contributed by atoms with E-state index in [0.717, 1.165) is 42.8 Å². The molecule has 30 heavy (non-hydrogen) atoms. The Labute approximate surface area is 174 Å². The maximum absolute atomic E-state index is 13.1. The van der Waals surface area contributed by atoms with Gasteiger partial charge in [-0.3, -0.25) is 14.0 Å². The topological polar surface area (TPSA) is 78.0 Å². The first-order valence-corrected chi connectivity index (χ1v) is 10.6. The second-order valence-corrected chi connectivity index (χ2v) is 8.34. The zero-order valence-electron chi connectivity index (χ0n) is 17.4. The van der Waals surface area contributed by atoms with E-state index < -0.39 is 0 Å². The molecular weight excluding hydrogens is 380 g/mol. The van der Waals surface area contributed by atoms with E-state index in [-0.39, 0.29) is 17.5 Å². The van der Waals surface area contributed by atoms with Crippen LogP contribution in [0.3, 0.4) is 0 Å². The zero-order valence-corrected chi connectivity index (χ0v) is 17.4. The number of benzene rings is 1. The highest BCUT2D eigenvalue weighted by Crippen LogP contribution is 2.37. The van der Waals surface area contributed by atoms with Gasteiger partial charge < -0.3 is 4.90 Å². The van der Waals surface area contributed by atoms with E-state index in [2.05, 4.69) is 10.2 Å². The molecule has 1 aliphatic carbocycles. The van der Waals surface area contributed by atoms with Gasteiger partial charge in [0, 0.05) is 44.7 Å². The van der Waals surface area contributed by atoms with E-state index in [4.69, 9.17) is 0 Å². The van der Waals surface area contributed by atoms with Gasteiger partial charge in [-0.2, -0.15) is 10.2 Å². The average Bonchev–Trinajstić information content (AvgIpc) is 3.46. The van der Waals surface area contributed by atoms with Crippen LogP contribution in [0.25, 0.3) is 11.3 Å². The molecule has 2 aliphatic rings. The predicted octanol–water partition coefficient (Wildman–Crippen LogP) is 2.34. The first-order chi connectivity index (χ1) is 14.5. The highest BCUT2D eigenvalue weighted by atomic mass is 16.2. The molecule has 0 radical (unpaired) electrons. The van der Waals surface area contributed by atoms with Crippen LogP contribution in [-0.2, 0) is 14.1 Å². The third kappa shape index (κ3) is 3.26. The minimum atomic E-state index is -0.0191. The van der Waals surface area contributed by atoms with Gasteiger partial charge in [-0.1, -0.05) is 30.3 Å². The number of amides is 1. The molecule has 1 aliphatic heterocycles. The largest absolute Gasteiger partial charge is 0.345 e. The van der Waals surface area contributed by atoms with Crippen LogP contribution in [0.5, 0.6) is 0 Å². The Balaban J connectivity index is 1.31. The molecular formula is C22H26N6O2. The Morgan fingerprint density at radius 2 is 1.67 bits per heavy atom. The molecule has 3 aromatic rings. The lowest BCUT2D eigenvalue weighted by atomic mass is 9.95. The first-order valence-electron chi connectivity index (χ1n) is 10.6. The van der Waals surface area contributed by atoms with E-state index in [1.54, 1.807) is 11.7 Å². The number of nitrogens with zero attached hydrogens (tertiary/aromatic N) is 6. The molecule has 5 rings (SSSR count). The Bertz CT molecular complexity index is 1130. The van der Waals surface area contributed by atoms with Crippen LogP contribution in [-0.4, -0.2) is 48.0 Å². The summed E-state index contributed by atoms with van der Waals surface area (Å²) in [5.74, 6) is 1.12. The van der Waals surface area contributed by atoms with Crippen molar-refractivity contribution < 1.29 is 4.79 Å². The number of hydrogen-bond acceptors (Lipinski definition) is 4. The van der Waals surface area contributed by atoms with Crippen LogP contribution in [0, 0.1) is 0 Å². The monoisotopic (exact) mass is 406 g/mol.